The Morgan fingerprint density at radius 2 is 2.38 bits per heavy atom. The number of ketones is 1. The molecular formula is C10H11N3O2S. The molecule has 0 fully saturated rings. The predicted octanol–water partition coefficient (Wildman–Crippen LogP) is 2.13. The van der Waals surface area contributed by atoms with Crippen molar-refractivity contribution in [1.29, 1.82) is 0 Å². The Hall–Kier alpha value is -1.56. The number of H-pyrrole nitrogens is 1. The number of carbonyl (C=O) groups is 1. The molecule has 0 spiro atoms. The van der Waals surface area contributed by atoms with Crippen molar-refractivity contribution < 1.29 is 9.21 Å². The first-order valence-corrected chi connectivity index (χ1v) is 5.69. The molecule has 0 saturated heterocycles. The number of carbonyl (C=O) groups excluding carboxylic acids is 1. The standard InChI is InChI=1S/C10H11N3O2S/c1-6(14)7(2)16-10-13-12-9(15-10)8-4-3-5-11-8/h3-5,7,11H,1-2H3. The third-order valence-corrected chi connectivity index (χ3v) is 3.14. The third kappa shape index (κ3) is 2.33. The molecule has 16 heavy (non-hydrogen) atoms. The summed E-state index contributed by atoms with van der Waals surface area (Å²) in [5, 5.41) is 8.00. The molecule has 2 aromatic rings. The number of Topliss-reactive ketones (excluding diaryl/α,β-unsaturated/α-hetero) is 1. The van der Waals surface area contributed by atoms with Gasteiger partial charge in [0, 0.05) is 6.20 Å². The molecular weight excluding hydrogens is 226 g/mol. The lowest BCUT2D eigenvalue weighted by Crippen LogP contribution is -2.07. The lowest BCUT2D eigenvalue weighted by atomic mass is 10.3. The minimum Gasteiger partial charge on any atom is -0.410 e. The first kappa shape index (κ1) is 10.9. The maximum absolute atomic E-state index is 11.1. The summed E-state index contributed by atoms with van der Waals surface area (Å²) in [6.45, 7) is 3.35. The van der Waals surface area contributed by atoms with Gasteiger partial charge in [0.1, 0.15) is 11.5 Å². The summed E-state index contributed by atoms with van der Waals surface area (Å²) in [7, 11) is 0. The van der Waals surface area contributed by atoms with Crippen molar-refractivity contribution in [2.75, 3.05) is 0 Å². The van der Waals surface area contributed by atoms with Crippen LogP contribution >= 0.6 is 11.8 Å². The Morgan fingerprint density at radius 3 is 3.00 bits per heavy atom. The van der Waals surface area contributed by atoms with E-state index in [1.807, 2.05) is 19.1 Å². The lowest BCUT2D eigenvalue weighted by Gasteiger charge is -2.00. The second-order valence-corrected chi connectivity index (χ2v) is 4.62. The molecule has 0 radical (unpaired) electrons. The largest absolute Gasteiger partial charge is 0.410 e. The van der Waals surface area contributed by atoms with E-state index >= 15 is 0 Å². The van der Waals surface area contributed by atoms with Crippen LogP contribution in [-0.2, 0) is 4.79 Å². The normalized spacial score (nSPS) is 12.6. The Labute approximate surface area is 96.6 Å². The van der Waals surface area contributed by atoms with Gasteiger partial charge in [0.2, 0.25) is 0 Å². The summed E-state index contributed by atoms with van der Waals surface area (Å²) in [5.74, 6) is 0.521. The smallest absolute Gasteiger partial charge is 0.277 e. The molecule has 0 bridgehead atoms. The zero-order valence-corrected chi connectivity index (χ0v) is 9.75. The fraction of sp³-hybridized carbons (Fsp3) is 0.300. The fourth-order valence-corrected chi connectivity index (χ4v) is 1.75. The zero-order valence-electron chi connectivity index (χ0n) is 8.93. The molecule has 2 heterocycles. The van der Waals surface area contributed by atoms with E-state index in [4.69, 9.17) is 4.42 Å². The van der Waals surface area contributed by atoms with Gasteiger partial charge in [-0.05, 0) is 26.0 Å². The van der Waals surface area contributed by atoms with Crippen molar-refractivity contribution >= 4 is 17.5 Å². The molecule has 5 nitrogen and oxygen atoms in total. The average molecular weight is 237 g/mol. The molecule has 6 heteroatoms. The number of nitrogens with zero attached hydrogens (tertiary/aromatic N) is 2. The molecule has 0 saturated carbocycles. The number of nitrogens with one attached hydrogen (secondary N) is 1. The first-order valence-electron chi connectivity index (χ1n) is 4.81. The van der Waals surface area contributed by atoms with E-state index in [1.54, 1.807) is 13.1 Å². The molecule has 0 aliphatic carbocycles. The van der Waals surface area contributed by atoms with Crippen LogP contribution in [0.1, 0.15) is 13.8 Å². The minimum atomic E-state index is -0.169. The van der Waals surface area contributed by atoms with E-state index in [0.717, 1.165) is 5.69 Å². The Bertz CT molecular complexity index is 478. The molecule has 84 valence electrons. The molecule has 2 aromatic heterocycles. The highest BCUT2D eigenvalue weighted by Crippen LogP contribution is 2.25. The molecule has 0 aromatic carbocycles. The number of hydrogen-bond donors (Lipinski definition) is 1. The van der Waals surface area contributed by atoms with Crippen molar-refractivity contribution in [3.63, 3.8) is 0 Å². The van der Waals surface area contributed by atoms with Crippen LogP contribution in [0.15, 0.2) is 28.0 Å². The number of aromatic amines is 1. The SMILES string of the molecule is CC(=O)C(C)Sc1nnc(-c2ccc[nH]2)o1. The summed E-state index contributed by atoms with van der Waals surface area (Å²) < 4.78 is 5.41. The average Bonchev–Trinajstić information content (AvgIpc) is 2.85. The summed E-state index contributed by atoms with van der Waals surface area (Å²) in [6, 6.07) is 3.70. The summed E-state index contributed by atoms with van der Waals surface area (Å²) in [6.07, 6.45) is 1.78. The van der Waals surface area contributed by atoms with Gasteiger partial charge in [0.25, 0.3) is 11.1 Å². The van der Waals surface area contributed by atoms with E-state index in [1.165, 1.54) is 11.8 Å². The van der Waals surface area contributed by atoms with Crippen LogP contribution in [0, 0.1) is 0 Å². The van der Waals surface area contributed by atoms with Crippen LogP contribution in [0.3, 0.4) is 0 Å². The van der Waals surface area contributed by atoms with Crippen LogP contribution in [0.2, 0.25) is 0 Å². The Balaban J connectivity index is 2.11. The molecule has 1 unspecified atom stereocenters. The van der Waals surface area contributed by atoms with Crippen LogP contribution in [-0.4, -0.2) is 26.2 Å². The highest BCUT2D eigenvalue weighted by Gasteiger charge is 2.15. The van der Waals surface area contributed by atoms with Gasteiger partial charge in [-0.2, -0.15) is 0 Å². The summed E-state index contributed by atoms with van der Waals surface area (Å²) in [5.41, 5.74) is 0.773. The second-order valence-electron chi connectivity index (χ2n) is 3.33. The summed E-state index contributed by atoms with van der Waals surface area (Å²) >= 11 is 1.27. The van der Waals surface area contributed by atoms with Crippen molar-refractivity contribution in [1.82, 2.24) is 15.2 Å². The number of hydrogen-bond acceptors (Lipinski definition) is 5. The molecule has 0 aliphatic heterocycles. The van der Waals surface area contributed by atoms with Crippen LogP contribution in [0.5, 0.6) is 0 Å². The maximum atomic E-state index is 11.1. The first-order chi connectivity index (χ1) is 7.66. The topological polar surface area (TPSA) is 71.8 Å². The van der Waals surface area contributed by atoms with E-state index in [0.29, 0.717) is 11.1 Å². The van der Waals surface area contributed by atoms with Crippen molar-refractivity contribution in [2.45, 2.75) is 24.3 Å². The van der Waals surface area contributed by atoms with E-state index in [2.05, 4.69) is 15.2 Å². The molecule has 0 aliphatic rings. The highest BCUT2D eigenvalue weighted by atomic mass is 32.2. The van der Waals surface area contributed by atoms with Crippen LogP contribution < -0.4 is 0 Å². The summed E-state index contributed by atoms with van der Waals surface area (Å²) in [4.78, 5) is 14.0. The van der Waals surface area contributed by atoms with Gasteiger partial charge in [0.05, 0.1) is 5.25 Å². The minimum absolute atomic E-state index is 0.0876. The van der Waals surface area contributed by atoms with Gasteiger partial charge < -0.3 is 9.40 Å². The van der Waals surface area contributed by atoms with Gasteiger partial charge in [-0.3, -0.25) is 4.79 Å². The third-order valence-electron chi connectivity index (χ3n) is 2.08. The number of thioether (sulfide) groups is 1. The van der Waals surface area contributed by atoms with Crippen LogP contribution in [0.25, 0.3) is 11.6 Å². The Kier molecular flexibility index (Phi) is 3.09. The van der Waals surface area contributed by atoms with Gasteiger partial charge in [0.15, 0.2) is 0 Å². The van der Waals surface area contributed by atoms with E-state index in [-0.39, 0.29) is 11.0 Å². The molecule has 1 N–H and O–H groups in total. The van der Waals surface area contributed by atoms with Gasteiger partial charge >= 0.3 is 0 Å². The highest BCUT2D eigenvalue weighted by molar-refractivity contribution is 8.00. The van der Waals surface area contributed by atoms with Crippen molar-refractivity contribution in [3.8, 4) is 11.6 Å². The van der Waals surface area contributed by atoms with Gasteiger partial charge in [-0.25, -0.2) is 0 Å². The predicted molar refractivity (Wildman–Crippen MR) is 60.1 cm³/mol. The lowest BCUT2D eigenvalue weighted by molar-refractivity contribution is -0.116. The van der Waals surface area contributed by atoms with Crippen molar-refractivity contribution in [3.05, 3.63) is 18.3 Å². The molecule has 2 rings (SSSR count). The molecule has 0 amide bonds. The Morgan fingerprint density at radius 1 is 1.56 bits per heavy atom. The van der Waals surface area contributed by atoms with Gasteiger partial charge in [-0.1, -0.05) is 11.8 Å². The van der Waals surface area contributed by atoms with Crippen LogP contribution in [0.4, 0.5) is 0 Å². The number of rotatable bonds is 4. The molecule has 1 atom stereocenters. The quantitative estimate of drug-likeness (QED) is 0.825. The van der Waals surface area contributed by atoms with Gasteiger partial charge in [-0.15, -0.1) is 10.2 Å². The van der Waals surface area contributed by atoms with E-state index < -0.39 is 0 Å². The van der Waals surface area contributed by atoms with Crippen molar-refractivity contribution in [2.24, 2.45) is 0 Å². The second kappa shape index (κ2) is 4.52. The zero-order chi connectivity index (χ0) is 11.5. The maximum Gasteiger partial charge on any atom is 0.277 e. The number of aromatic nitrogens is 3. The monoisotopic (exact) mass is 237 g/mol. The fourth-order valence-electron chi connectivity index (χ4n) is 1.06. The van der Waals surface area contributed by atoms with E-state index in [9.17, 15) is 4.79 Å².